The number of methoxy groups -OCH3 is 1. The number of hydrogen-bond donors (Lipinski definition) is 8. The predicted molar refractivity (Wildman–Crippen MR) is 143 cm³/mol. The first-order chi connectivity index (χ1) is 21.5. The molecule has 10 atom stereocenters. The van der Waals surface area contributed by atoms with Gasteiger partial charge in [0, 0.05) is 17.2 Å². The Bertz CT molecular complexity index is 1400. The Morgan fingerprint density at radius 3 is 1.78 bits per heavy atom. The molecule has 0 spiro atoms. The lowest BCUT2D eigenvalue weighted by Crippen LogP contribution is -2.60. The number of carbonyl (C=O) groups is 2. The van der Waals surface area contributed by atoms with Crippen molar-refractivity contribution in [2.75, 3.05) is 27.1 Å². The Labute approximate surface area is 254 Å². The molecule has 45 heavy (non-hydrogen) atoms. The third kappa shape index (κ3) is 6.40. The van der Waals surface area contributed by atoms with Gasteiger partial charge in [-0.3, -0.25) is 9.59 Å². The van der Waals surface area contributed by atoms with Crippen molar-refractivity contribution in [1.29, 1.82) is 0 Å². The van der Waals surface area contributed by atoms with Gasteiger partial charge in [-0.15, -0.1) is 0 Å². The van der Waals surface area contributed by atoms with Crippen LogP contribution in [0.2, 0.25) is 0 Å². The van der Waals surface area contributed by atoms with E-state index >= 15 is 0 Å². The molecule has 0 saturated carbocycles. The van der Waals surface area contributed by atoms with Crippen LogP contribution in [0, 0.1) is 0 Å². The minimum absolute atomic E-state index is 0.00511. The Kier molecular flexibility index (Phi) is 9.75. The summed E-state index contributed by atoms with van der Waals surface area (Å²) in [6.45, 7) is -1.68. The molecule has 0 bridgehead atoms. The van der Waals surface area contributed by atoms with E-state index < -0.39 is 86.2 Å². The van der Waals surface area contributed by atoms with Gasteiger partial charge >= 0.3 is 0 Å². The maximum Gasteiger partial charge on any atom is 0.233 e. The Morgan fingerprint density at radius 2 is 1.22 bits per heavy atom. The number of Topliss-reactive ketones (excluding diaryl/α,β-unsaturated/α-hetero) is 2. The van der Waals surface area contributed by atoms with Gasteiger partial charge in [0.25, 0.3) is 0 Å². The third-order valence-corrected chi connectivity index (χ3v) is 7.48. The number of rotatable bonds is 10. The summed E-state index contributed by atoms with van der Waals surface area (Å²) in [5, 5.41) is 79.8. The molecule has 0 aromatic heterocycles. The first-order valence-corrected chi connectivity index (χ1v) is 13.6. The highest BCUT2D eigenvalue weighted by atomic mass is 16.7. The van der Waals surface area contributed by atoms with Crippen molar-refractivity contribution < 1.29 is 83.6 Å². The molecule has 17 nitrogen and oxygen atoms in total. The van der Waals surface area contributed by atoms with Crippen LogP contribution in [-0.4, -0.2) is 141 Å². The fourth-order valence-corrected chi connectivity index (χ4v) is 4.94. The van der Waals surface area contributed by atoms with Crippen LogP contribution in [0.1, 0.15) is 20.7 Å². The normalized spacial score (nSPS) is 32.6. The number of aliphatic hydroxyl groups excluding tert-OH is 8. The molecular formula is C28H32O17. The van der Waals surface area contributed by atoms with E-state index in [2.05, 4.69) is 0 Å². The van der Waals surface area contributed by atoms with Crippen LogP contribution in [0.25, 0.3) is 0 Å². The summed E-state index contributed by atoms with van der Waals surface area (Å²) in [7, 11) is 1.28. The van der Waals surface area contributed by atoms with E-state index in [1.807, 2.05) is 0 Å². The van der Waals surface area contributed by atoms with Crippen LogP contribution < -0.4 is 23.7 Å². The molecule has 3 heterocycles. The van der Waals surface area contributed by atoms with Crippen molar-refractivity contribution >= 4 is 11.6 Å². The van der Waals surface area contributed by atoms with Gasteiger partial charge in [-0.2, -0.15) is 0 Å². The molecule has 0 amide bonds. The fraction of sp³-hybridized carbons (Fsp3) is 0.500. The number of carbonyl (C=O) groups excluding carboxylic acids is 2. The zero-order chi connectivity index (χ0) is 32.6. The molecular weight excluding hydrogens is 608 g/mol. The zero-order valence-corrected chi connectivity index (χ0v) is 23.5. The largest absolute Gasteiger partial charge is 0.497 e. The molecule has 17 heteroatoms. The van der Waals surface area contributed by atoms with E-state index in [1.54, 1.807) is 0 Å². The quantitative estimate of drug-likeness (QED) is 0.0941. The van der Waals surface area contributed by atoms with E-state index in [1.165, 1.54) is 25.3 Å². The molecule has 2 saturated heterocycles. The van der Waals surface area contributed by atoms with E-state index in [4.69, 9.17) is 33.2 Å². The molecule has 0 radical (unpaired) electrons. The summed E-state index contributed by atoms with van der Waals surface area (Å²) in [4.78, 5) is 26.9. The van der Waals surface area contributed by atoms with Gasteiger partial charge in [0.05, 0.1) is 20.3 Å². The molecule has 8 N–H and O–H groups in total. The van der Waals surface area contributed by atoms with Crippen LogP contribution in [-0.2, 0) is 9.47 Å². The summed E-state index contributed by atoms with van der Waals surface area (Å²) in [5.41, 5.74) is -0.476. The maximum atomic E-state index is 13.4. The van der Waals surface area contributed by atoms with E-state index in [-0.39, 0.29) is 46.7 Å². The summed E-state index contributed by atoms with van der Waals surface area (Å²) in [6.07, 6.45) is -16.0. The second-order valence-electron chi connectivity index (χ2n) is 10.4. The number of aliphatic hydroxyl groups is 8. The average Bonchev–Trinajstić information content (AvgIpc) is 3.53. The van der Waals surface area contributed by atoms with Gasteiger partial charge in [0.1, 0.15) is 60.3 Å². The second-order valence-corrected chi connectivity index (χ2v) is 10.4. The maximum absolute atomic E-state index is 13.4. The lowest BCUT2D eigenvalue weighted by molar-refractivity contribution is -0.277. The molecule has 0 aliphatic carbocycles. The number of fused-ring (bicyclic) bond motifs is 1. The summed E-state index contributed by atoms with van der Waals surface area (Å²) in [6, 6.07) is 6.01. The van der Waals surface area contributed by atoms with Gasteiger partial charge in [0.15, 0.2) is 11.5 Å². The smallest absolute Gasteiger partial charge is 0.233 e. The Morgan fingerprint density at radius 1 is 0.689 bits per heavy atom. The molecule has 2 aromatic rings. The summed E-state index contributed by atoms with van der Waals surface area (Å²) < 4.78 is 37.9. The van der Waals surface area contributed by atoms with Crippen molar-refractivity contribution in [3.63, 3.8) is 0 Å². The standard InChI is InChI=1S/C28H32O17/c1-39-12-2-10(3-13(6-12)42-27-24(37)22(35)20(33)16(7-29)44-27)18(31)19(32)11-4-14-26(41-9-40-14)15(5-11)43-28-25(38)23(36)21(34)17(8-30)45-28/h2-6,16-17,20-25,27-30,33-38H,7-9H2,1H3/t16-,17-,20-,21-,22+,23+,24-,25-,27-,28-/m1/s1. The van der Waals surface area contributed by atoms with Crippen molar-refractivity contribution in [1.82, 2.24) is 0 Å². The van der Waals surface area contributed by atoms with Gasteiger partial charge in [-0.05, 0) is 24.3 Å². The van der Waals surface area contributed by atoms with Crippen LogP contribution in [0.3, 0.4) is 0 Å². The summed E-state index contributed by atoms with van der Waals surface area (Å²) in [5.74, 6) is -2.43. The van der Waals surface area contributed by atoms with Crippen LogP contribution in [0.5, 0.6) is 28.7 Å². The van der Waals surface area contributed by atoms with Crippen LogP contribution in [0.15, 0.2) is 30.3 Å². The first-order valence-electron chi connectivity index (χ1n) is 13.6. The van der Waals surface area contributed by atoms with Gasteiger partial charge in [-0.1, -0.05) is 0 Å². The van der Waals surface area contributed by atoms with E-state index in [9.17, 15) is 50.4 Å². The highest BCUT2D eigenvalue weighted by molar-refractivity contribution is 6.49. The minimum Gasteiger partial charge on any atom is -0.497 e. The fourth-order valence-electron chi connectivity index (χ4n) is 4.94. The Hall–Kier alpha value is -3.62. The van der Waals surface area contributed by atoms with Crippen molar-refractivity contribution in [2.45, 2.75) is 61.4 Å². The number of ether oxygens (including phenoxy) is 7. The SMILES string of the molecule is COc1cc(O[C@@H]2O[C@H](CO)[C@@H](O)[C@H](O)[C@H]2O)cc(C(=O)C(=O)c2cc3c(c(O[C@@H]4O[C@H](CO)[C@@H](O)[C@H](O)[C@H]4O)c2)OCO3)c1. The van der Waals surface area contributed by atoms with Crippen LogP contribution in [0.4, 0.5) is 0 Å². The molecule has 3 aliphatic heterocycles. The third-order valence-electron chi connectivity index (χ3n) is 7.48. The van der Waals surface area contributed by atoms with Gasteiger partial charge < -0.3 is 74.0 Å². The molecule has 246 valence electrons. The van der Waals surface area contributed by atoms with Gasteiger partial charge in [0.2, 0.25) is 36.7 Å². The van der Waals surface area contributed by atoms with E-state index in [0.717, 1.165) is 12.1 Å². The predicted octanol–water partition coefficient (Wildman–Crippen LogP) is -3.15. The zero-order valence-electron chi connectivity index (χ0n) is 23.5. The monoisotopic (exact) mass is 640 g/mol. The van der Waals surface area contributed by atoms with E-state index in [0.29, 0.717) is 0 Å². The molecule has 5 rings (SSSR count). The average molecular weight is 641 g/mol. The number of ketones is 2. The number of benzene rings is 2. The lowest BCUT2D eigenvalue weighted by Gasteiger charge is -2.39. The summed E-state index contributed by atoms with van der Waals surface area (Å²) >= 11 is 0. The van der Waals surface area contributed by atoms with Crippen molar-refractivity contribution in [3.8, 4) is 28.7 Å². The van der Waals surface area contributed by atoms with Gasteiger partial charge in [-0.25, -0.2) is 0 Å². The topological polar surface area (TPSA) is 261 Å². The Balaban J connectivity index is 1.40. The highest BCUT2D eigenvalue weighted by Gasteiger charge is 2.46. The lowest BCUT2D eigenvalue weighted by atomic mass is 9.99. The minimum atomic E-state index is -1.78. The molecule has 2 fully saturated rings. The second kappa shape index (κ2) is 13.4. The van der Waals surface area contributed by atoms with Crippen LogP contribution >= 0.6 is 0 Å². The molecule has 0 unspecified atom stereocenters. The molecule has 2 aromatic carbocycles. The highest BCUT2D eigenvalue weighted by Crippen LogP contribution is 2.43. The van der Waals surface area contributed by atoms with Crippen molar-refractivity contribution in [3.05, 3.63) is 41.5 Å². The number of hydrogen-bond acceptors (Lipinski definition) is 17. The first kappa shape index (κ1) is 32.8. The van der Waals surface area contributed by atoms with Crippen molar-refractivity contribution in [2.24, 2.45) is 0 Å². The molecule has 3 aliphatic rings.